The van der Waals surface area contributed by atoms with E-state index in [0.29, 0.717) is 11.5 Å². The second-order valence-corrected chi connectivity index (χ2v) is 4.92. The highest BCUT2D eigenvalue weighted by molar-refractivity contribution is 5.40. The third-order valence-electron chi connectivity index (χ3n) is 3.24. The fourth-order valence-corrected chi connectivity index (χ4v) is 2.17. The molecule has 0 saturated carbocycles. The molecule has 0 spiro atoms. The summed E-state index contributed by atoms with van der Waals surface area (Å²) >= 11 is 0. The first-order chi connectivity index (χ1) is 10.3. The Kier molecular flexibility index (Phi) is 4.04. The van der Waals surface area contributed by atoms with Crippen LogP contribution in [0.2, 0.25) is 0 Å². The summed E-state index contributed by atoms with van der Waals surface area (Å²) in [5.74, 6) is 7.83. The Morgan fingerprint density at radius 1 is 1.19 bits per heavy atom. The van der Waals surface area contributed by atoms with Crippen molar-refractivity contribution < 1.29 is 9.84 Å². The molecule has 2 heterocycles. The minimum Gasteiger partial charge on any atom is -0.508 e. The van der Waals surface area contributed by atoms with E-state index in [9.17, 15) is 5.11 Å². The van der Waals surface area contributed by atoms with Crippen LogP contribution in [0.3, 0.4) is 0 Å². The monoisotopic (exact) mass is 280 g/mol. The zero-order valence-electron chi connectivity index (χ0n) is 11.5. The van der Waals surface area contributed by atoms with E-state index >= 15 is 0 Å². The predicted molar refractivity (Wildman–Crippen MR) is 80.3 cm³/mol. The van der Waals surface area contributed by atoms with E-state index in [1.165, 1.54) is 6.42 Å². The number of ether oxygens (including phenoxy) is 1. The van der Waals surface area contributed by atoms with E-state index in [1.807, 2.05) is 6.07 Å². The fourth-order valence-electron chi connectivity index (χ4n) is 2.17. The highest BCUT2D eigenvalue weighted by Gasteiger charge is 2.09. The van der Waals surface area contributed by atoms with Gasteiger partial charge >= 0.3 is 0 Å². The van der Waals surface area contributed by atoms with E-state index < -0.39 is 0 Å². The Hall–Kier alpha value is -2.51. The molecule has 2 N–H and O–H groups in total. The van der Waals surface area contributed by atoms with Gasteiger partial charge in [0.25, 0.3) is 0 Å². The molecule has 3 rings (SSSR count). The lowest BCUT2D eigenvalue weighted by atomic mass is 10.2. The quantitative estimate of drug-likeness (QED) is 0.830. The van der Waals surface area contributed by atoms with Crippen LogP contribution in [0.1, 0.15) is 18.4 Å². The Balaban J connectivity index is 1.72. The van der Waals surface area contributed by atoms with Gasteiger partial charge in [-0.2, -0.15) is 0 Å². The van der Waals surface area contributed by atoms with E-state index in [0.717, 1.165) is 18.5 Å². The number of hydrogen-bond acceptors (Lipinski definition) is 4. The third kappa shape index (κ3) is 3.74. The first-order valence-corrected chi connectivity index (χ1v) is 6.96. The molecule has 0 amide bonds. The fraction of sp³-hybridized carbons (Fsp3) is 0.235. The van der Waals surface area contributed by atoms with Crippen molar-refractivity contribution in [1.82, 2.24) is 10.3 Å². The van der Waals surface area contributed by atoms with Gasteiger partial charge < -0.3 is 15.2 Å². The molecule has 1 aliphatic heterocycles. The Bertz CT molecular complexity index is 665. The van der Waals surface area contributed by atoms with Crippen LogP contribution in [0.25, 0.3) is 0 Å². The number of phenols is 1. The maximum absolute atomic E-state index is 9.25. The summed E-state index contributed by atoms with van der Waals surface area (Å²) in [6.07, 6.45) is 5.66. The van der Waals surface area contributed by atoms with Crippen molar-refractivity contribution >= 4 is 0 Å². The number of phenolic OH excluding ortho intramolecular Hbond substituents is 1. The Morgan fingerprint density at radius 3 is 2.81 bits per heavy atom. The molecule has 0 radical (unpaired) electrons. The molecular weight excluding hydrogens is 264 g/mol. The van der Waals surface area contributed by atoms with Gasteiger partial charge in [-0.25, -0.2) is 0 Å². The molecule has 1 fully saturated rings. The molecule has 0 bridgehead atoms. The van der Waals surface area contributed by atoms with Crippen LogP contribution in [0, 0.1) is 11.8 Å². The van der Waals surface area contributed by atoms with Gasteiger partial charge in [0, 0.05) is 11.8 Å². The number of hydrogen-bond donors (Lipinski definition) is 2. The van der Waals surface area contributed by atoms with Gasteiger partial charge in [-0.3, -0.25) is 4.98 Å². The molecule has 0 aliphatic carbocycles. The number of benzene rings is 1. The van der Waals surface area contributed by atoms with Gasteiger partial charge in [-0.1, -0.05) is 11.8 Å². The molecular formula is C17H16N2O2. The lowest BCUT2D eigenvalue weighted by Crippen LogP contribution is -2.18. The molecule has 1 aliphatic rings. The van der Waals surface area contributed by atoms with Crippen LogP contribution in [-0.2, 0) is 0 Å². The number of aromatic nitrogens is 1. The van der Waals surface area contributed by atoms with Crippen molar-refractivity contribution in [2.45, 2.75) is 18.9 Å². The lowest BCUT2D eigenvalue weighted by molar-refractivity contribution is 0.463. The second-order valence-electron chi connectivity index (χ2n) is 4.92. The summed E-state index contributed by atoms with van der Waals surface area (Å²) < 4.78 is 5.69. The predicted octanol–water partition coefficient (Wildman–Crippen LogP) is 2.68. The number of nitrogens with zero attached hydrogens (tertiary/aromatic N) is 1. The van der Waals surface area contributed by atoms with Gasteiger partial charge in [0.05, 0.1) is 12.2 Å². The molecule has 1 saturated heterocycles. The highest BCUT2D eigenvalue weighted by Crippen LogP contribution is 2.23. The highest BCUT2D eigenvalue weighted by atomic mass is 16.5. The van der Waals surface area contributed by atoms with E-state index in [1.54, 1.807) is 36.7 Å². The van der Waals surface area contributed by atoms with Gasteiger partial charge in [0.15, 0.2) is 0 Å². The van der Waals surface area contributed by atoms with E-state index in [2.05, 4.69) is 22.1 Å². The molecule has 1 aromatic carbocycles. The van der Waals surface area contributed by atoms with Crippen molar-refractivity contribution in [3.05, 3.63) is 48.3 Å². The minimum atomic E-state index is 0.212. The number of rotatable bonds is 2. The summed E-state index contributed by atoms with van der Waals surface area (Å²) in [7, 11) is 0. The lowest BCUT2D eigenvalue weighted by Gasteiger charge is -2.05. The van der Waals surface area contributed by atoms with Crippen LogP contribution < -0.4 is 10.1 Å². The molecule has 106 valence electrons. The first-order valence-electron chi connectivity index (χ1n) is 6.96. The van der Waals surface area contributed by atoms with E-state index in [4.69, 9.17) is 4.74 Å². The number of pyridine rings is 1. The summed E-state index contributed by atoms with van der Waals surface area (Å²) in [5.41, 5.74) is 0.833. The van der Waals surface area contributed by atoms with Crippen LogP contribution in [0.5, 0.6) is 17.2 Å². The smallest absolute Gasteiger partial charge is 0.146 e. The standard InChI is InChI=1S/C17H16N2O2/c20-15-5-7-16(8-6-15)21-17-10-13(11-18-12-17)3-4-14-2-1-9-19-14/h5-8,10-12,14,19-20H,1-2,9H2/t14-/m0/s1. The number of nitrogens with one attached hydrogen (secondary N) is 1. The largest absolute Gasteiger partial charge is 0.508 e. The number of aromatic hydroxyl groups is 1. The molecule has 21 heavy (non-hydrogen) atoms. The first kappa shape index (κ1) is 13.5. The zero-order valence-corrected chi connectivity index (χ0v) is 11.5. The second kappa shape index (κ2) is 6.29. The van der Waals surface area contributed by atoms with Crippen molar-refractivity contribution in [2.24, 2.45) is 0 Å². The molecule has 0 unspecified atom stereocenters. The summed E-state index contributed by atoms with van der Waals surface area (Å²) in [6.45, 7) is 1.04. The average Bonchev–Trinajstić information content (AvgIpc) is 3.01. The van der Waals surface area contributed by atoms with Crippen LogP contribution in [0.15, 0.2) is 42.7 Å². The summed E-state index contributed by atoms with van der Waals surface area (Å²) in [6, 6.07) is 8.72. The molecule has 1 atom stereocenters. The van der Waals surface area contributed by atoms with Gasteiger partial charge in [-0.15, -0.1) is 0 Å². The maximum Gasteiger partial charge on any atom is 0.146 e. The Labute approximate surface area is 123 Å². The zero-order chi connectivity index (χ0) is 14.5. The van der Waals surface area contributed by atoms with Crippen molar-refractivity contribution in [3.63, 3.8) is 0 Å². The van der Waals surface area contributed by atoms with Crippen molar-refractivity contribution in [1.29, 1.82) is 0 Å². The molecule has 4 nitrogen and oxygen atoms in total. The van der Waals surface area contributed by atoms with Crippen molar-refractivity contribution in [3.8, 4) is 29.1 Å². The maximum atomic E-state index is 9.25. The topological polar surface area (TPSA) is 54.4 Å². The minimum absolute atomic E-state index is 0.212. The van der Waals surface area contributed by atoms with Crippen LogP contribution >= 0.6 is 0 Å². The normalized spacial score (nSPS) is 17.0. The molecule has 4 heteroatoms. The summed E-state index contributed by atoms with van der Waals surface area (Å²) in [4.78, 5) is 4.15. The van der Waals surface area contributed by atoms with Crippen LogP contribution in [-0.4, -0.2) is 22.7 Å². The summed E-state index contributed by atoms with van der Waals surface area (Å²) in [5, 5.41) is 12.6. The van der Waals surface area contributed by atoms with Gasteiger partial charge in [0.1, 0.15) is 17.2 Å². The average molecular weight is 280 g/mol. The third-order valence-corrected chi connectivity index (χ3v) is 3.24. The molecule has 2 aromatic rings. The van der Waals surface area contributed by atoms with Gasteiger partial charge in [0.2, 0.25) is 0 Å². The molecule has 1 aromatic heterocycles. The van der Waals surface area contributed by atoms with Crippen LogP contribution in [0.4, 0.5) is 0 Å². The SMILES string of the molecule is Oc1ccc(Oc2cncc(C#C[C@@H]3CCCN3)c2)cc1. The van der Waals surface area contributed by atoms with Gasteiger partial charge in [-0.05, 0) is 49.7 Å². The van der Waals surface area contributed by atoms with E-state index in [-0.39, 0.29) is 11.8 Å². The Morgan fingerprint density at radius 2 is 2.05 bits per heavy atom. The van der Waals surface area contributed by atoms with Crippen molar-refractivity contribution in [2.75, 3.05) is 6.54 Å².